The number of pyridine rings is 2. The quantitative estimate of drug-likeness (QED) is 0.458. The molecule has 0 bridgehead atoms. The Labute approximate surface area is 140 Å². The minimum Gasteiger partial charge on any atom is -0.263 e. The average molecular weight is 319 g/mol. The average Bonchev–Trinajstić information content (AvgIpc) is 2.89. The molecule has 0 radical (unpaired) electrons. The van der Waals surface area contributed by atoms with Crippen molar-refractivity contribution in [2.45, 2.75) is 20.8 Å². The molecule has 2 nitrogen and oxygen atoms in total. The topological polar surface area (TPSA) is 16.8 Å². The van der Waals surface area contributed by atoms with Crippen molar-refractivity contribution in [3.05, 3.63) is 59.5 Å². The van der Waals surface area contributed by atoms with Crippen LogP contribution in [-0.2, 0) is 7.05 Å². The molecule has 0 spiro atoms. The molecule has 4 aromatic rings. The number of aromatic nitrogens is 2. The van der Waals surface area contributed by atoms with Crippen molar-refractivity contribution in [3.63, 3.8) is 0 Å². The Morgan fingerprint density at radius 2 is 1.87 bits per heavy atom. The fourth-order valence-corrected chi connectivity index (χ4v) is 4.59. The van der Waals surface area contributed by atoms with E-state index in [-0.39, 0.29) is 0 Å². The first-order valence-electron chi connectivity index (χ1n) is 7.79. The predicted octanol–water partition coefficient (Wildman–Crippen LogP) is 4.87. The first kappa shape index (κ1) is 14.3. The molecule has 0 aliphatic carbocycles. The van der Waals surface area contributed by atoms with E-state index in [0.717, 1.165) is 0 Å². The van der Waals surface area contributed by atoms with Crippen LogP contribution in [0.1, 0.15) is 16.7 Å². The number of aryl methyl sites for hydroxylation is 3. The molecule has 0 aliphatic rings. The minimum absolute atomic E-state index is 1.25. The summed E-state index contributed by atoms with van der Waals surface area (Å²) >= 11 is 1.83. The van der Waals surface area contributed by atoms with Crippen molar-refractivity contribution < 1.29 is 4.57 Å². The van der Waals surface area contributed by atoms with E-state index in [9.17, 15) is 0 Å². The van der Waals surface area contributed by atoms with Gasteiger partial charge in [0.1, 0.15) is 11.7 Å². The SMILES string of the molecule is Cc1cc(C)c(C)c(-c2c3sc4cnccc4c3cc[n+]2C)c1. The third-order valence-corrected chi connectivity index (χ3v) is 5.79. The summed E-state index contributed by atoms with van der Waals surface area (Å²) in [5, 5.41) is 2.61. The Bertz CT molecular complexity index is 1060. The van der Waals surface area contributed by atoms with Gasteiger partial charge in [-0.15, -0.1) is 11.3 Å². The molecule has 3 heteroatoms. The third kappa shape index (κ3) is 2.15. The fourth-order valence-electron chi connectivity index (χ4n) is 3.33. The smallest absolute Gasteiger partial charge is 0.230 e. The van der Waals surface area contributed by atoms with Gasteiger partial charge in [0.25, 0.3) is 0 Å². The standard InChI is InChI=1S/C20H19N2S/c1-12-9-13(2)14(3)17(10-12)19-20-16(6-8-22(19)4)15-5-7-21-11-18(15)23-20/h5-11H,1-4H3/q+1. The molecule has 1 aromatic carbocycles. The maximum Gasteiger partial charge on any atom is 0.230 e. The molecule has 0 N–H and O–H groups in total. The lowest BCUT2D eigenvalue weighted by Gasteiger charge is -2.10. The number of hydrogen-bond acceptors (Lipinski definition) is 2. The van der Waals surface area contributed by atoms with E-state index in [4.69, 9.17) is 0 Å². The van der Waals surface area contributed by atoms with E-state index < -0.39 is 0 Å². The fraction of sp³-hybridized carbons (Fsp3) is 0.200. The number of nitrogens with zero attached hydrogens (tertiary/aromatic N) is 2. The van der Waals surface area contributed by atoms with Gasteiger partial charge in [0.05, 0.1) is 10.3 Å². The van der Waals surface area contributed by atoms with Crippen LogP contribution in [0.25, 0.3) is 31.4 Å². The molecule has 0 aliphatic heterocycles. The molecule has 3 aromatic heterocycles. The van der Waals surface area contributed by atoms with Crippen molar-refractivity contribution in [1.29, 1.82) is 0 Å². The highest BCUT2D eigenvalue weighted by Crippen LogP contribution is 2.38. The van der Waals surface area contributed by atoms with Crippen LogP contribution in [0.2, 0.25) is 0 Å². The second-order valence-electron chi connectivity index (χ2n) is 6.25. The van der Waals surface area contributed by atoms with Gasteiger partial charge in [-0.1, -0.05) is 11.6 Å². The number of fused-ring (bicyclic) bond motifs is 3. The van der Waals surface area contributed by atoms with Crippen molar-refractivity contribution in [3.8, 4) is 11.3 Å². The van der Waals surface area contributed by atoms with Crippen LogP contribution in [0.4, 0.5) is 0 Å². The summed E-state index contributed by atoms with van der Waals surface area (Å²) in [5.74, 6) is 0. The first-order valence-corrected chi connectivity index (χ1v) is 8.61. The second-order valence-corrected chi connectivity index (χ2v) is 7.30. The molecule has 0 atom stereocenters. The number of thiophene rings is 1. The zero-order chi connectivity index (χ0) is 16.1. The highest BCUT2D eigenvalue weighted by atomic mass is 32.1. The Morgan fingerprint density at radius 3 is 2.70 bits per heavy atom. The lowest BCUT2D eigenvalue weighted by atomic mass is 9.96. The van der Waals surface area contributed by atoms with Crippen molar-refractivity contribution in [2.24, 2.45) is 7.05 Å². The van der Waals surface area contributed by atoms with Gasteiger partial charge in [0, 0.05) is 29.2 Å². The van der Waals surface area contributed by atoms with Crippen LogP contribution < -0.4 is 4.57 Å². The zero-order valence-corrected chi connectivity index (χ0v) is 14.7. The van der Waals surface area contributed by atoms with Crippen molar-refractivity contribution >= 4 is 31.5 Å². The lowest BCUT2D eigenvalue weighted by molar-refractivity contribution is -0.659. The van der Waals surface area contributed by atoms with Crippen LogP contribution in [0.5, 0.6) is 0 Å². The molecule has 0 saturated heterocycles. The van der Waals surface area contributed by atoms with Crippen LogP contribution >= 0.6 is 11.3 Å². The monoisotopic (exact) mass is 319 g/mol. The molecule has 4 rings (SSSR count). The van der Waals surface area contributed by atoms with E-state index in [0.29, 0.717) is 0 Å². The predicted molar refractivity (Wildman–Crippen MR) is 97.9 cm³/mol. The van der Waals surface area contributed by atoms with Crippen LogP contribution in [0.15, 0.2) is 42.9 Å². The van der Waals surface area contributed by atoms with E-state index in [2.05, 4.69) is 67.8 Å². The second kappa shape index (κ2) is 5.14. The summed E-state index contributed by atoms with van der Waals surface area (Å²) in [6.07, 6.45) is 6.02. The van der Waals surface area contributed by atoms with Crippen LogP contribution in [0, 0.1) is 20.8 Å². The summed E-state index contributed by atoms with van der Waals surface area (Å²) < 4.78 is 4.83. The maximum absolute atomic E-state index is 4.28. The number of hydrogen-bond donors (Lipinski definition) is 0. The van der Waals surface area contributed by atoms with E-state index in [1.165, 1.54) is 48.1 Å². The van der Waals surface area contributed by atoms with Crippen molar-refractivity contribution in [1.82, 2.24) is 4.98 Å². The largest absolute Gasteiger partial charge is 0.263 e. The summed E-state index contributed by atoms with van der Waals surface area (Å²) in [6.45, 7) is 6.59. The Morgan fingerprint density at radius 1 is 1.04 bits per heavy atom. The first-order chi connectivity index (χ1) is 11.1. The van der Waals surface area contributed by atoms with Gasteiger partial charge in [-0.2, -0.15) is 4.57 Å². The van der Waals surface area contributed by atoms with E-state index >= 15 is 0 Å². The minimum atomic E-state index is 1.25. The Hall–Kier alpha value is -2.26. The molecule has 0 unspecified atom stereocenters. The van der Waals surface area contributed by atoms with Gasteiger partial charge in [-0.25, -0.2) is 0 Å². The highest BCUT2D eigenvalue weighted by molar-refractivity contribution is 7.26. The van der Waals surface area contributed by atoms with E-state index in [1.54, 1.807) is 0 Å². The Kier molecular flexibility index (Phi) is 3.20. The summed E-state index contributed by atoms with van der Waals surface area (Å²) in [4.78, 5) is 4.28. The normalized spacial score (nSPS) is 11.5. The number of benzene rings is 1. The Balaban J connectivity index is 2.17. The molecule has 0 saturated carbocycles. The molecule has 3 heterocycles. The van der Waals surface area contributed by atoms with Gasteiger partial charge in [0.15, 0.2) is 6.20 Å². The van der Waals surface area contributed by atoms with E-state index in [1.807, 2.05) is 23.7 Å². The summed E-state index contributed by atoms with van der Waals surface area (Å²) in [5.41, 5.74) is 6.64. The van der Waals surface area contributed by atoms with Gasteiger partial charge in [0.2, 0.25) is 5.69 Å². The maximum atomic E-state index is 4.28. The molecule has 23 heavy (non-hydrogen) atoms. The van der Waals surface area contributed by atoms with Gasteiger partial charge < -0.3 is 0 Å². The van der Waals surface area contributed by atoms with Crippen LogP contribution in [0.3, 0.4) is 0 Å². The van der Waals surface area contributed by atoms with Crippen LogP contribution in [-0.4, -0.2) is 4.98 Å². The highest BCUT2D eigenvalue weighted by Gasteiger charge is 2.21. The molecule has 0 amide bonds. The van der Waals surface area contributed by atoms with Crippen molar-refractivity contribution in [2.75, 3.05) is 0 Å². The number of rotatable bonds is 1. The molecular formula is C20H19N2S+. The molecule has 114 valence electrons. The third-order valence-electron chi connectivity index (χ3n) is 4.63. The van der Waals surface area contributed by atoms with Gasteiger partial charge >= 0.3 is 0 Å². The summed E-state index contributed by atoms with van der Waals surface area (Å²) in [6, 6.07) is 8.90. The summed E-state index contributed by atoms with van der Waals surface area (Å²) in [7, 11) is 2.13. The molecular weight excluding hydrogens is 300 g/mol. The zero-order valence-electron chi connectivity index (χ0n) is 13.8. The lowest BCUT2D eigenvalue weighted by Crippen LogP contribution is -2.30. The molecule has 0 fully saturated rings. The van der Waals surface area contributed by atoms with Gasteiger partial charge in [-0.05, 0) is 44.0 Å². The van der Waals surface area contributed by atoms with Gasteiger partial charge in [-0.3, -0.25) is 4.98 Å².